The highest BCUT2D eigenvalue weighted by Gasteiger charge is 2.22. The number of carbonyl (C=O) groups is 2. The van der Waals surface area contributed by atoms with Crippen molar-refractivity contribution in [2.75, 3.05) is 23.9 Å². The molecule has 0 fully saturated rings. The summed E-state index contributed by atoms with van der Waals surface area (Å²) in [5, 5.41) is 21.5. The second-order valence-electron chi connectivity index (χ2n) is 8.75. The predicted molar refractivity (Wildman–Crippen MR) is 147 cm³/mol. The summed E-state index contributed by atoms with van der Waals surface area (Å²) >= 11 is 2.72. The normalized spacial score (nSPS) is 13.5. The van der Waals surface area contributed by atoms with Crippen LogP contribution in [0.1, 0.15) is 43.8 Å². The van der Waals surface area contributed by atoms with Gasteiger partial charge in [0, 0.05) is 47.6 Å². The molecule has 3 N–H and O–H groups in total. The number of aliphatic hydroxyl groups excluding tert-OH is 1. The van der Waals surface area contributed by atoms with Crippen molar-refractivity contribution >= 4 is 41.1 Å². The lowest BCUT2D eigenvalue weighted by molar-refractivity contribution is -0.146. The van der Waals surface area contributed by atoms with Gasteiger partial charge in [-0.2, -0.15) is 11.8 Å². The fourth-order valence-corrected chi connectivity index (χ4v) is 6.06. The fourth-order valence-electron chi connectivity index (χ4n) is 3.71. The van der Waals surface area contributed by atoms with E-state index in [-0.39, 0.29) is 30.1 Å². The number of ether oxygens (including phenoxy) is 1. The predicted octanol–water partition coefficient (Wildman–Crippen LogP) is 5.51. The van der Waals surface area contributed by atoms with Gasteiger partial charge in [0.15, 0.2) is 0 Å². The molecule has 3 unspecified atom stereocenters. The molecule has 3 atom stereocenters. The highest BCUT2D eigenvalue weighted by molar-refractivity contribution is 8.00. The molecule has 202 valence electrons. The van der Waals surface area contributed by atoms with Gasteiger partial charge >= 0.3 is 5.97 Å². The molecule has 0 heterocycles. The molecule has 0 aliphatic heterocycles. The zero-order chi connectivity index (χ0) is 27.5. The quantitative estimate of drug-likeness (QED) is 0.162. The van der Waals surface area contributed by atoms with E-state index in [0.717, 1.165) is 11.6 Å². The number of carbonyl (C=O) groups excluding carboxylic acids is 2. The summed E-state index contributed by atoms with van der Waals surface area (Å²) < 4.78 is 32.7. The molecule has 0 bridgehead atoms. The Hall–Kier alpha value is -2.43. The molecule has 0 aliphatic carbocycles. The van der Waals surface area contributed by atoms with E-state index in [1.807, 2.05) is 6.92 Å². The van der Waals surface area contributed by atoms with Crippen LogP contribution in [0.4, 0.5) is 8.78 Å². The average molecular weight is 553 g/mol. The minimum Gasteiger partial charge on any atom is -0.466 e. The number of aryl methyl sites for hydroxylation is 1. The van der Waals surface area contributed by atoms with Crippen LogP contribution in [0.25, 0.3) is 11.1 Å². The number of aliphatic hydroxyl groups is 1. The number of amides is 1. The number of esters is 1. The third kappa shape index (κ3) is 10.1. The van der Waals surface area contributed by atoms with Crippen molar-refractivity contribution in [1.29, 1.82) is 5.41 Å². The smallest absolute Gasteiger partial charge is 0.310 e. The number of rotatable bonds is 14. The summed E-state index contributed by atoms with van der Waals surface area (Å²) in [7, 11) is 0. The van der Waals surface area contributed by atoms with Crippen molar-refractivity contribution in [3.05, 3.63) is 59.2 Å². The Morgan fingerprint density at radius 1 is 1.11 bits per heavy atom. The first-order chi connectivity index (χ1) is 17.5. The van der Waals surface area contributed by atoms with Gasteiger partial charge in [-0.3, -0.25) is 9.59 Å². The van der Waals surface area contributed by atoms with Gasteiger partial charge in [-0.25, -0.2) is 8.78 Å². The molecule has 10 heteroatoms. The molecule has 0 radical (unpaired) electrons. The first-order valence-corrected chi connectivity index (χ1v) is 14.1. The van der Waals surface area contributed by atoms with Crippen molar-refractivity contribution in [1.82, 2.24) is 5.32 Å². The molecule has 0 saturated carbocycles. The minimum absolute atomic E-state index is 0.206. The first kappa shape index (κ1) is 30.8. The molecular formula is C27H34F2N2O4S2. The van der Waals surface area contributed by atoms with Crippen LogP contribution in [0.3, 0.4) is 0 Å². The largest absolute Gasteiger partial charge is 0.466 e. The van der Waals surface area contributed by atoms with Crippen molar-refractivity contribution in [3.8, 4) is 11.1 Å². The van der Waals surface area contributed by atoms with Crippen LogP contribution in [0.15, 0.2) is 36.4 Å². The Labute approximate surface area is 225 Å². The molecule has 0 aliphatic rings. The maximum absolute atomic E-state index is 14.3. The van der Waals surface area contributed by atoms with Crippen molar-refractivity contribution in [2.24, 2.45) is 5.92 Å². The molecule has 6 nitrogen and oxygen atoms in total. The van der Waals surface area contributed by atoms with Crippen molar-refractivity contribution in [3.63, 3.8) is 0 Å². The van der Waals surface area contributed by atoms with E-state index in [1.165, 1.54) is 42.6 Å². The number of benzene rings is 2. The topological polar surface area (TPSA) is 99.5 Å². The van der Waals surface area contributed by atoms with E-state index in [2.05, 4.69) is 5.32 Å². The molecule has 2 rings (SSSR count). The Morgan fingerprint density at radius 2 is 1.84 bits per heavy atom. The van der Waals surface area contributed by atoms with Gasteiger partial charge in [0.05, 0.1) is 12.5 Å². The van der Waals surface area contributed by atoms with E-state index in [0.29, 0.717) is 40.5 Å². The molecule has 2 aromatic carbocycles. The van der Waals surface area contributed by atoms with Crippen LogP contribution in [0.2, 0.25) is 0 Å². The molecular weight excluding hydrogens is 518 g/mol. The van der Waals surface area contributed by atoms with Gasteiger partial charge in [-0.1, -0.05) is 12.1 Å². The second kappa shape index (κ2) is 15.1. The van der Waals surface area contributed by atoms with E-state index in [1.54, 1.807) is 32.0 Å². The Balaban J connectivity index is 2.06. The Morgan fingerprint density at radius 3 is 2.46 bits per heavy atom. The van der Waals surface area contributed by atoms with Crippen LogP contribution in [0.5, 0.6) is 0 Å². The second-order valence-corrected chi connectivity index (χ2v) is 10.9. The summed E-state index contributed by atoms with van der Waals surface area (Å²) in [4.78, 5) is 24.0. The van der Waals surface area contributed by atoms with Gasteiger partial charge < -0.3 is 20.6 Å². The van der Waals surface area contributed by atoms with Gasteiger partial charge in [0.25, 0.3) is 0 Å². The lowest BCUT2D eigenvalue weighted by Gasteiger charge is -2.22. The lowest BCUT2D eigenvalue weighted by Crippen LogP contribution is -2.37. The van der Waals surface area contributed by atoms with E-state index < -0.39 is 23.0 Å². The van der Waals surface area contributed by atoms with E-state index in [4.69, 9.17) is 10.1 Å². The van der Waals surface area contributed by atoms with Crippen LogP contribution in [0, 0.1) is 29.9 Å². The van der Waals surface area contributed by atoms with E-state index in [9.17, 15) is 23.5 Å². The first-order valence-electron chi connectivity index (χ1n) is 11.9. The summed E-state index contributed by atoms with van der Waals surface area (Å²) in [6.45, 7) is 6.92. The third-order valence-corrected chi connectivity index (χ3v) is 7.90. The molecule has 1 amide bonds. The number of hydrogen-bond donors (Lipinski definition) is 3. The summed E-state index contributed by atoms with van der Waals surface area (Å²) in [5.74, 6) is -0.967. The summed E-state index contributed by atoms with van der Waals surface area (Å²) in [6.07, 6.45) is 0.314. The van der Waals surface area contributed by atoms with Crippen LogP contribution >= 0.6 is 23.5 Å². The molecule has 2 aromatic rings. The SMILES string of the molecule is CCOC(=O)C(CSCC(CSC(O)c1cc(-c2ccc(F)cc2F)ccc1C)NC(C)=O)CC(C)=N. The van der Waals surface area contributed by atoms with E-state index >= 15 is 0 Å². The summed E-state index contributed by atoms with van der Waals surface area (Å²) in [6, 6.07) is 8.30. The minimum atomic E-state index is -0.933. The molecule has 0 spiro atoms. The highest BCUT2D eigenvalue weighted by atomic mass is 32.2. The van der Waals surface area contributed by atoms with Gasteiger partial charge in [0.2, 0.25) is 5.91 Å². The number of nitrogens with one attached hydrogen (secondary N) is 2. The zero-order valence-corrected chi connectivity index (χ0v) is 23.1. The molecule has 37 heavy (non-hydrogen) atoms. The number of hydrogen-bond acceptors (Lipinski definition) is 7. The summed E-state index contributed by atoms with van der Waals surface area (Å²) in [5.41, 5.74) is 1.65. The maximum Gasteiger partial charge on any atom is 0.310 e. The Bertz CT molecular complexity index is 1100. The molecule has 0 aromatic heterocycles. The monoisotopic (exact) mass is 552 g/mol. The van der Waals surface area contributed by atoms with Gasteiger partial charge in [-0.05, 0) is 62.1 Å². The molecule has 0 saturated heterocycles. The van der Waals surface area contributed by atoms with Crippen LogP contribution < -0.4 is 5.32 Å². The maximum atomic E-state index is 14.3. The highest BCUT2D eigenvalue weighted by Crippen LogP contribution is 2.33. The fraction of sp³-hybridized carbons (Fsp3) is 0.444. The van der Waals surface area contributed by atoms with Gasteiger partial charge in [0.1, 0.15) is 17.1 Å². The van der Waals surface area contributed by atoms with Gasteiger partial charge in [-0.15, -0.1) is 11.8 Å². The van der Waals surface area contributed by atoms with Crippen molar-refractivity contribution < 1.29 is 28.2 Å². The standard InChI is InChI=1S/C27H34F2N2O4S2/c1-5-35-26(33)20(10-17(3)30)13-36-14-22(31-18(4)32)15-37-27(34)24-11-19(7-6-16(24)2)23-9-8-21(28)12-25(23)29/h6-9,11-12,20,22,27,30,34H,5,10,13-15H2,1-4H3,(H,31,32). The lowest BCUT2D eigenvalue weighted by atomic mass is 9.99. The van der Waals surface area contributed by atoms with Crippen LogP contribution in [-0.2, 0) is 14.3 Å². The zero-order valence-electron chi connectivity index (χ0n) is 21.5. The van der Waals surface area contributed by atoms with Crippen LogP contribution in [-0.4, -0.2) is 52.6 Å². The van der Waals surface area contributed by atoms with Crippen molar-refractivity contribution in [2.45, 2.75) is 45.6 Å². The average Bonchev–Trinajstić information content (AvgIpc) is 2.81. The Kier molecular flexibility index (Phi) is 12.6. The number of halogens is 2. The third-order valence-electron chi connectivity index (χ3n) is 5.46. The number of thioether (sulfide) groups is 2.